The Morgan fingerprint density at radius 3 is 2.47 bits per heavy atom. The molecule has 0 heterocycles. The van der Waals surface area contributed by atoms with Gasteiger partial charge in [-0.15, -0.1) is 6.58 Å². The molecule has 156 valence electrons. The van der Waals surface area contributed by atoms with Crippen LogP contribution in [0.25, 0.3) is 0 Å². The summed E-state index contributed by atoms with van der Waals surface area (Å²) >= 11 is 0. The molecule has 8 heteroatoms. The van der Waals surface area contributed by atoms with Crippen LogP contribution in [0.4, 0.5) is 5.69 Å². The molecular formula is C22H24N4O4. The van der Waals surface area contributed by atoms with Crippen LogP contribution in [-0.2, 0) is 14.4 Å². The lowest BCUT2D eigenvalue weighted by Crippen LogP contribution is -2.37. The van der Waals surface area contributed by atoms with E-state index in [1.807, 2.05) is 32.0 Å². The van der Waals surface area contributed by atoms with Crippen LogP contribution in [0.1, 0.15) is 16.7 Å². The van der Waals surface area contributed by atoms with Crippen LogP contribution in [0, 0.1) is 13.8 Å². The molecule has 0 saturated heterocycles. The summed E-state index contributed by atoms with van der Waals surface area (Å²) in [5, 5.41) is 8.89. The number of nitrogens with one attached hydrogen (secondary N) is 3. The SMILES string of the molecule is C=CCNC(=O)C(=O)N/N=C\c1ccccc1OCC(=O)Nc1cc(C)cc(C)c1. The third-order valence-corrected chi connectivity index (χ3v) is 3.77. The first-order chi connectivity index (χ1) is 14.4. The summed E-state index contributed by atoms with van der Waals surface area (Å²) < 4.78 is 5.58. The van der Waals surface area contributed by atoms with E-state index in [1.54, 1.807) is 24.3 Å². The number of carbonyl (C=O) groups is 3. The van der Waals surface area contributed by atoms with Crippen LogP contribution in [-0.4, -0.2) is 37.1 Å². The summed E-state index contributed by atoms with van der Waals surface area (Å²) in [5.41, 5.74) is 5.46. The third-order valence-electron chi connectivity index (χ3n) is 3.77. The van der Waals surface area contributed by atoms with E-state index in [0.717, 1.165) is 11.1 Å². The second kappa shape index (κ2) is 11.2. The number of amides is 3. The number of carbonyl (C=O) groups excluding carboxylic acids is 3. The summed E-state index contributed by atoms with van der Waals surface area (Å²) in [7, 11) is 0. The lowest BCUT2D eigenvalue weighted by Gasteiger charge is -2.10. The number of hydrogen-bond donors (Lipinski definition) is 3. The topological polar surface area (TPSA) is 109 Å². The Morgan fingerprint density at radius 2 is 1.77 bits per heavy atom. The second-order valence-electron chi connectivity index (χ2n) is 6.45. The van der Waals surface area contributed by atoms with Gasteiger partial charge in [-0.25, -0.2) is 5.43 Å². The van der Waals surface area contributed by atoms with Crippen molar-refractivity contribution in [3.05, 3.63) is 71.8 Å². The molecule has 30 heavy (non-hydrogen) atoms. The molecule has 0 aliphatic carbocycles. The van der Waals surface area contributed by atoms with Crippen LogP contribution >= 0.6 is 0 Å². The third kappa shape index (κ3) is 7.23. The van der Waals surface area contributed by atoms with Crippen molar-refractivity contribution in [2.24, 2.45) is 5.10 Å². The molecule has 2 aromatic rings. The van der Waals surface area contributed by atoms with Gasteiger partial charge in [0, 0.05) is 17.8 Å². The zero-order valence-corrected chi connectivity index (χ0v) is 16.9. The maximum Gasteiger partial charge on any atom is 0.329 e. The number of para-hydroxylation sites is 1. The number of hydrogen-bond acceptors (Lipinski definition) is 5. The van der Waals surface area contributed by atoms with E-state index < -0.39 is 11.8 Å². The summed E-state index contributed by atoms with van der Waals surface area (Å²) in [5.74, 6) is -1.62. The number of ether oxygens (including phenoxy) is 1. The Balaban J connectivity index is 1.93. The Labute approximate surface area is 175 Å². The molecule has 0 fully saturated rings. The molecule has 0 radical (unpaired) electrons. The maximum atomic E-state index is 12.2. The van der Waals surface area contributed by atoms with Crippen molar-refractivity contribution < 1.29 is 19.1 Å². The Hall–Kier alpha value is -3.94. The molecule has 0 aliphatic rings. The monoisotopic (exact) mass is 408 g/mol. The second-order valence-corrected chi connectivity index (χ2v) is 6.45. The van der Waals surface area contributed by atoms with Crippen molar-refractivity contribution in [3.63, 3.8) is 0 Å². The Bertz CT molecular complexity index is 949. The van der Waals surface area contributed by atoms with Crippen molar-refractivity contribution in [3.8, 4) is 5.75 Å². The minimum atomic E-state index is -0.903. The van der Waals surface area contributed by atoms with Crippen molar-refractivity contribution in [2.75, 3.05) is 18.5 Å². The minimum absolute atomic E-state index is 0.177. The van der Waals surface area contributed by atoms with Crippen molar-refractivity contribution in [1.29, 1.82) is 0 Å². The molecule has 0 atom stereocenters. The molecule has 8 nitrogen and oxygen atoms in total. The van der Waals surface area contributed by atoms with E-state index in [9.17, 15) is 14.4 Å². The van der Waals surface area contributed by atoms with Gasteiger partial charge in [0.1, 0.15) is 5.75 Å². The van der Waals surface area contributed by atoms with E-state index in [4.69, 9.17) is 4.74 Å². The number of hydrazone groups is 1. The molecule has 3 N–H and O–H groups in total. The van der Waals surface area contributed by atoms with Gasteiger partial charge in [0.15, 0.2) is 6.61 Å². The normalized spacial score (nSPS) is 10.3. The molecule has 0 unspecified atom stereocenters. The van der Waals surface area contributed by atoms with Crippen LogP contribution in [0.5, 0.6) is 5.75 Å². The van der Waals surface area contributed by atoms with Gasteiger partial charge in [-0.2, -0.15) is 5.10 Å². The van der Waals surface area contributed by atoms with Gasteiger partial charge in [0.2, 0.25) is 0 Å². The highest BCUT2D eigenvalue weighted by Crippen LogP contribution is 2.17. The smallest absolute Gasteiger partial charge is 0.329 e. The van der Waals surface area contributed by atoms with E-state index in [0.29, 0.717) is 17.0 Å². The number of rotatable bonds is 8. The van der Waals surface area contributed by atoms with Crippen LogP contribution in [0.2, 0.25) is 0 Å². The van der Waals surface area contributed by atoms with Crippen molar-refractivity contribution in [1.82, 2.24) is 10.7 Å². The standard InChI is InChI=1S/C22H24N4O4/c1-4-9-23-21(28)22(29)26-24-13-17-7-5-6-8-19(17)30-14-20(27)25-18-11-15(2)10-16(3)12-18/h4-8,10-13H,1,9,14H2,2-3H3,(H,23,28)(H,25,27)(H,26,29)/b24-13-. The van der Waals surface area contributed by atoms with E-state index >= 15 is 0 Å². The maximum absolute atomic E-state index is 12.2. The van der Waals surface area contributed by atoms with Crippen LogP contribution in [0.3, 0.4) is 0 Å². The predicted octanol–water partition coefficient (Wildman–Crippen LogP) is 2.07. The van der Waals surface area contributed by atoms with Gasteiger partial charge in [0.05, 0.1) is 6.21 Å². The van der Waals surface area contributed by atoms with Gasteiger partial charge in [-0.05, 0) is 49.2 Å². The molecule has 0 spiro atoms. The number of nitrogens with zero attached hydrogens (tertiary/aromatic N) is 1. The molecule has 0 aliphatic heterocycles. The zero-order chi connectivity index (χ0) is 21.9. The summed E-state index contributed by atoms with van der Waals surface area (Å²) in [6.45, 7) is 7.33. The zero-order valence-electron chi connectivity index (χ0n) is 16.9. The van der Waals surface area contributed by atoms with E-state index in [1.165, 1.54) is 12.3 Å². The molecule has 0 saturated carbocycles. The summed E-state index contributed by atoms with van der Waals surface area (Å²) in [6, 6.07) is 12.6. The first-order valence-electron chi connectivity index (χ1n) is 9.21. The largest absolute Gasteiger partial charge is 0.483 e. The molecule has 2 rings (SSSR count). The first-order valence-corrected chi connectivity index (χ1v) is 9.21. The summed E-state index contributed by atoms with van der Waals surface area (Å²) in [4.78, 5) is 35.3. The van der Waals surface area contributed by atoms with Gasteiger partial charge in [-0.3, -0.25) is 14.4 Å². The number of benzene rings is 2. The minimum Gasteiger partial charge on any atom is -0.483 e. The highest BCUT2D eigenvalue weighted by Gasteiger charge is 2.11. The highest BCUT2D eigenvalue weighted by atomic mass is 16.5. The predicted molar refractivity (Wildman–Crippen MR) is 115 cm³/mol. The Morgan fingerprint density at radius 1 is 1.07 bits per heavy atom. The van der Waals surface area contributed by atoms with Crippen molar-refractivity contribution in [2.45, 2.75) is 13.8 Å². The lowest BCUT2D eigenvalue weighted by molar-refractivity contribution is -0.139. The molecule has 0 bridgehead atoms. The fourth-order valence-corrected chi connectivity index (χ4v) is 2.56. The van der Waals surface area contributed by atoms with E-state index in [2.05, 4.69) is 27.7 Å². The van der Waals surface area contributed by atoms with E-state index in [-0.39, 0.29) is 19.1 Å². The molecular weight excluding hydrogens is 384 g/mol. The fraction of sp³-hybridized carbons (Fsp3) is 0.182. The van der Waals surface area contributed by atoms with Crippen molar-refractivity contribution >= 4 is 29.6 Å². The molecule has 3 amide bonds. The summed E-state index contributed by atoms with van der Waals surface area (Å²) in [6.07, 6.45) is 2.79. The van der Waals surface area contributed by atoms with Crippen LogP contribution in [0.15, 0.2) is 60.2 Å². The highest BCUT2D eigenvalue weighted by molar-refractivity contribution is 6.35. The molecule has 2 aromatic carbocycles. The average Bonchev–Trinajstić information content (AvgIpc) is 2.70. The number of aryl methyl sites for hydroxylation is 2. The van der Waals surface area contributed by atoms with Gasteiger partial charge in [0.25, 0.3) is 5.91 Å². The van der Waals surface area contributed by atoms with Crippen LogP contribution < -0.4 is 20.8 Å². The Kier molecular flexibility index (Phi) is 8.31. The fourth-order valence-electron chi connectivity index (χ4n) is 2.56. The van der Waals surface area contributed by atoms with Gasteiger partial charge >= 0.3 is 11.8 Å². The quantitative estimate of drug-likeness (QED) is 0.269. The average molecular weight is 408 g/mol. The number of anilines is 1. The van der Waals surface area contributed by atoms with Gasteiger partial charge < -0.3 is 15.4 Å². The molecule has 0 aromatic heterocycles. The lowest BCUT2D eigenvalue weighted by atomic mass is 10.1. The first kappa shape index (κ1) is 22.4. The van der Waals surface area contributed by atoms with Gasteiger partial charge in [-0.1, -0.05) is 24.3 Å².